The summed E-state index contributed by atoms with van der Waals surface area (Å²) in [7, 11) is 0. The summed E-state index contributed by atoms with van der Waals surface area (Å²) < 4.78 is 2.29. The van der Waals surface area contributed by atoms with Crippen molar-refractivity contribution in [1.82, 2.24) is 9.55 Å². The molecule has 0 bridgehead atoms. The molecule has 0 fully saturated rings. The molecule has 0 aliphatic heterocycles. The smallest absolute Gasteiger partial charge is 0.267 e. The molecule has 2 heterocycles. The molecule has 2 aromatic carbocycles. The summed E-state index contributed by atoms with van der Waals surface area (Å²) in [6, 6.07) is 17.9. The van der Waals surface area contributed by atoms with Crippen LogP contribution < -0.4 is 5.56 Å². The van der Waals surface area contributed by atoms with Gasteiger partial charge in [-0.25, -0.2) is 4.98 Å². The van der Waals surface area contributed by atoms with Crippen LogP contribution in [0.1, 0.15) is 5.56 Å². The molecule has 0 saturated carbocycles. The Balaban J connectivity index is 1.91. The zero-order chi connectivity index (χ0) is 15.8. The first-order chi connectivity index (χ1) is 11.2. The van der Waals surface area contributed by atoms with Crippen LogP contribution in [0.2, 0.25) is 0 Å². The molecular weight excluding hydrogens is 304 g/mol. The van der Waals surface area contributed by atoms with Crippen LogP contribution in [0.3, 0.4) is 0 Å². The third-order valence-electron chi connectivity index (χ3n) is 3.88. The van der Waals surface area contributed by atoms with Crippen molar-refractivity contribution in [2.24, 2.45) is 0 Å². The van der Waals surface area contributed by atoms with Crippen LogP contribution in [0.4, 0.5) is 0 Å². The Bertz CT molecular complexity index is 1030. The van der Waals surface area contributed by atoms with E-state index in [0.717, 1.165) is 22.3 Å². The van der Waals surface area contributed by atoms with E-state index in [1.807, 2.05) is 66.9 Å². The lowest BCUT2D eigenvalue weighted by Crippen LogP contribution is -2.17. The van der Waals surface area contributed by atoms with Crippen molar-refractivity contribution in [2.45, 2.75) is 6.92 Å². The molecule has 3 nitrogen and oxygen atoms in total. The molecule has 0 radical (unpaired) electrons. The van der Waals surface area contributed by atoms with Crippen LogP contribution in [-0.4, -0.2) is 9.55 Å². The first kappa shape index (κ1) is 13.9. The Labute approximate surface area is 137 Å². The highest BCUT2D eigenvalue weighted by Crippen LogP contribution is 2.30. The van der Waals surface area contributed by atoms with Gasteiger partial charge in [0.2, 0.25) is 0 Å². The van der Waals surface area contributed by atoms with Gasteiger partial charge in [0.05, 0.1) is 11.2 Å². The zero-order valence-corrected chi connectivity index (χ0v) is 13.4. The average molecular weight is 318 g/mol. The molecule has 0 amide bonds. The number of rotatable bonds is 2. The van der Waals surface area contributed by atoms with Gasteiger partial charge >= 0.3 is 0 Å². The van der Waals surface area contributed by atoms with Crippen molar-refractivity contribution in [1.29, 1.82) is 0 Å². The maximum Gasteiger partial charge on any atom is 0.275 e. The van der Waals surface area contributed by atoms with Crippen LogP contribution in [0.25, 0.3) is 27.0 Å². The van der Waals surface area contributed by atoms with Crippen LogP contribution in [0, 0.1) is 6.92 Å². The summed E-state index contributed by atoms with van der Waals surface area (Å²) in [5, 5.41) is 2.01. The molecule has 0 atom stereocenters. The van der Waals surface area contributed by atoms with E-state index in [1.54, 1.807) is 10.9 Å². The predicted octanol–water partition coefficient (Wildman–Crippen LogP) is 4.42. The standard InChI is InChI=1S/C19H14N2OS/c1-13-7-9-15(10-8-13)21-12-20-17-16(11-23-18(17)19(21)22)14-5-3-2-4-6-14/h2-12H,1H3. The van der Waals surface area contributed by atoms with E-state index in [2.05, 4.69) is 4.98 Å². The van der Waals surface area contributed by atoms with Crippen molar-refractivity contribution in [3.05, 3.63) is 82.2 Å². The zero-order valence-electron chi connectivity index (χ0n) is 12.6. The van der Waals surface area contributed by atoms with Gasteiger partial charge in [0.25, 0.3) is 5.56 Å². The van der Waals surface area contributed by atoms with Crippen molar-refractivity contribution < 1.29 is 0 Å². The summed E-state index contributed by atoms with van der Waals surface area (Å²) in [5.41, 5.74) is 4.85. The fourth-order valence-corrected chi connectivity index (χ4v) is 3.58. The van der Waals surface area contributed by atoms with Gasteiger partial charge in [0, 0.05) is 10.9 Å². The minimum Gasteiger partial charge on any atom is -0.267 e. The second kappa shape index (κ2) is 5.48. The molecule has 4 aromatic rings. The van der Waals surface area contributed by atoms with Gasteiger partial charge in [-0.15, -0.1) is 11.3 Å². The normalized spacial score (nSPS) is 11.0. The number of nitrogens with zero attached hydrogens (tertiary/aromatic N) is 2. The highest BCUT2D eigenvalue weighted by molar-refractivity contribution is 7.17. The van der Waals surface area contributed by atoms with Crippen molar-refractivity contribution >= 4 is 21.6 Å². The molecule has 23 heavy (non-hydrogen) atoms. The summed E-state index contributed by atoms with van der Waals surface area (Å²) in [4.78, 5) is 17.3. The SMILES string of the molecule is Cc1ccc(-n2cnc3c(-c4ccccc4)csc3c2=O)cc1. The number of fused-ring (bicyclic) bond motifs is 1. The lowest BCUT2D eigenvalue weighted by molar-refractivity contribution is 0.966. The number of benzene rings is 2. The van der Waals surface area contributed by atoms with Crippen LogP contribution in [0.15, 0.2) is 71.1 Å². The fourth-order valence-electron chi connectivity index (χ4n) is 2.62. The van der Waals surface area contributed by atoms with Gasteiger partial charge in [-0.3, -0.25) is 9.36 Å². The van der Waals surface area contributed by atoms with Crippen molar-refractivity contribution in [2.75, 3.05) is 0 Å². The van der Waals surface area contributed by atoms with Crippen molar-refractivity contribution in [3.8, 4) is 16.8 Å². The summed E-state index contributed by atoms with van der Waals surface area (Å²) >= 11 is 1.45. The minimum absolute atomic E-state index is 0.0222. The van der Waals surface area contributed by atoms with Crippen molar-refractivity contribution in [3.63, 3.8) is 0 Å². The van der Waals surface area contributed by atoms with E-state index < -0.39 is 0 Å². The Morgan fingerprint density at radius 3 is 2.48 bits per heavy atom. The molecule has 2 aromatic heterocycles. The number of hydrogen-bond donors (Lipinski definition) is 0. The Morgan fingerprint density at radius 2 is 1.74 bits per heavy atom. The van der Waals surface area contributed by atoms with E-state index in [4.69, 9.17) is 0 Å². The van der Waals surface area contributed by atoms with E-state index >= 15 is 0 Å². The molecule has 112 valence electrons. The largest absolute Gasteiger partial charge is 0.275 e. The Morgan fingerprint density at radius 1 is 1.00 bits per heavy atom. The van der Waals surface area contributed by atoms with Crippen LogP contribution in [0.5, 0.6) is 0 Å². The number of aryl methyl sites for hydroxylation is 1. The van der Waals surface area contributed by atoms with E-state index in [0.29, 0.717) is 4.70 Å². The molecule has 0 N–H and O–H groups in total. The second-order valence-corrected chi connectivity index (χ2v) is 6.33. The summed E-state index contributed by atoms with van der Waals surface area (Å²) in [6.07, 6.45) is 1.62. The lowest BCUT2D eigenvalue weighted by atomic mass is 10.1. The van der Waals surface area contributed by atoms with Gasteiger partial charge in [-0.1, -0.05) is 48.0 Å². The lowest BCUT2D eigenvalue weighted by Gasteiger charge is -2.06. The molecule has 0 unspecified atom stereocenters. The maximum atomic E-state index is 12.8. The van der Waals surface area contributed by atoms with Gasteiger partial charge in [0.15, 0.2) is 0 Å². The first-order valence-corrected chi connectivity index (χ1v) is 8.23. The topological polar surface area (TPSA) is 34.9 Å². The highest BCUT2D eigenvalue weighted by Gasteiger charge is 2.12. The van der Waals surface area contributed by atoms with Crippen LogP contribution >= 0.6 is 11.3 Å². The maximum absolute atomic E-state index is 12.8. The molecule has 0 aliphatic rings. The van der Waals surface area contributed by atoms with E-state index in [9.17, 15) is 4.79 Å². The molecule has 0 saturated heterocycles. The second-order valence-electron chi connectivity index (χ2n) is 5.45. The highest BCUT2D eigenvalue weighted by atomic mass is 32.1. The molecule has 0 aliphatic carbocycles. The Kier molecular flexibility index (Phi) is 3.32. The number of thiophene rings is 1. The van der Waals surface area contributed by atoms with Gasteiger partial charge in [-0.2, -0.15) is 0 Å². The third kappa shape index (κ3) is 2.37. The third-order valence-corrected chi connectivity index (χ3v) is 4.83. The monoisotopic (exact) mass is 318 g/mol. The quantitative estimate of drug-likeness (QED) is 0.548. The predicted molar refractivity (Wildman–Crippen MR) is 95.4 cm³/mol. The number of hydrogen-bond acceptors (Lipinski definition) is 3. The van der Waals surface area contributed by atoms with Gasteiger partial charge in [0.1, 0.15) is 11.0 Å². The fraction of sp³-hybridized carbons (Fsp3) is 0.0526. The minimum atomic E-state index is -0.0222. The first-order valence-electron chi connectivity index (χ1n) is 7.35. The summed E-state index contributed by atoms with van der Waals surface area (Å²) in [5.74, 6) is 0. The summed E-state index contributed by atoms with van der Waals surface area (Å²) in [6.45, 7) is 2.03. The van der Waals surface area contributed by atoms with E-state index in [1.165, 1.54) is 16.9 Å². The van der Waals surface area contributed by atoms with E-state index in [-0.39, 0.29) is 5.56 Å². The average Bonchev–Trinajstić information content (AvgIpc) is 3.02. The Hall–Kier alpha value is -2.72. The molecular formula is C19H14N2OS. The molecule has 4 heteroatoms. The van der Waals surface area contributed by atoms with Gasteiger partial charge < -0.3 is 0 Å². The van der Waals surface area contributed by atoms with Crippen LogP contribution in [-0.2, 0) is 0 Å². The number of aromatic nitrogens is 2. The molecule has 0 spiro atoms. The van der Waals surface area contributed by atoms with Gasteiger partial charge in [-0.05, 0) is 24.6 Å². The molecule has 4 rings (SSSR count).